The van der Waals surface area contributed by atoms with E-state index in [2.05, 4.69) is 41.4 Å². The molecule has 0 aromatic heterocycles. The third-order valence-corrected chi connectivity index (χ3v) is 5.27. The molecule has 0 amide bonds. The van der Waals surface area contributed by atoms with Gasteiger partial charge in [0.05, 0.1) is 7.11 Å². The highest BCUT2D eigenvalue weighted by Crippen LogP contribution is 2.25. The van der Waals surface area contributed by atoms with Crippen LogP contribution in [0.25, 0.3) is 0 Å². The summed E-state index contributed by atoms with van der Waals surface area (Å²) in [6.07, 6.45) is 1.96. The van der Waals surface area contributed by atoms with Crippen molar-refractivity contribution in [3.63, 3.8) is 0 Å². The molecule has 0 bridgehead atoms. The predicted octanol–water partition coefficient (Wildman–Crippen LogP) is 3.13. The lowest BCUT2D eigenvalue weighted by atomic mass is 10.1. The van der Waals surface area contributed by atoms with Crippen LogP contribution in [0.2, 0.25) is 0 Å². The lowest BCUT2D eigenvalue weighted by molar-refractivity contribution is 0.0753. The molecule has 28 heavy (non-hydrogen) atoms. The van der Waals surface area contributed by atoms with Gasteiger partial charge in [-0.15, -0.1) is 0 Å². The fourth-order valence-electron chi connectivity index (χ4n) is 3.58. The number of aliphatic hydroxyl groups excluding tert-OH is 1. The maximum absolute atomic E-state index is 10.3. The average Bonchev–Trinajstić information content (AvgIpc) is 3.21. The third-order valence-electron chi connectivity index (χ3n) is 5.27. The number of aliphatic hydroxyl groups is 1. The van der Waals surface area contributed by atoms with Crippen molar-refractivity contribution in [2.24, 2.45) is 0 Å². The fraction of sp³-hybridized carbons (Fsp3) is 0.478. The average molecular weight is 385 g/mol. The van der Waals surface area contributed by atoms with Gasteiger partial charge in [-0.25, -0.2) is 0 Å². The van der Waals surface area contributed by atoms with Crippen LogP contribution in [0, 0.1) is 6.92 Å². The first kappa shape index (κ1) is 20.6. The molecule has 1 fully saturated rings. The Kier molecular flexibility index (Phi) is 7.71. The van der Waals surface area contributed by atoms with Crippen molar-refractivity contribution >= 4 is 0 Å². The largest absolute Gasteiger partial charge is 0.497 e. The zero-order valence-electron chi connectivity index (χ0n) is 17.0. The molecule has 3 rings (SSSR count). The minimum absolute atomic E-state index is 0.286. The number of β-amino-alcohol motifs (C(OH)–C–C–N with tert-alkyl or cyclic N) is 1. The van der Waals surface area contributed by atoms with Crippen molar-refractivity contribution < 1.29 is 14.6 Å². The summed E-state index contributed by atoms with van der Waals surface area (Å²) in [5.74, 6) is 1.52. The summed E-state index contributed by atoms with van der Waals surface area (Å²) in [4.78, 5) is 2.30. The minimum atomic E-state index is -0.489. The van der Waals surface area contributed by atoms with E-state index in [1.54, 1.807) is 7.11 Å². The second kappa shape index (κ2) is 10.5. The number of hydrogen-bond acceptors (Lipinski definition) is 5. The first-order chi connectivity index (χ1) is 13.7. The molecule has 0 radical (unpaired) electrons. The van der Waals surface area contributed by atoms with E-state index in [9.17, 15) is 5.11 Å². The van der Waals surface area contributed by atoms with Crippen molar-refractivity contribution in [2.75, 3.05) is 33.4 Å². The Morgan fingerprint density at radius 1 is 1.07 bits per heavy atom. The normalized spacial score (nSPS) is 15.5. The van der Waals surface area contributed by atoms with Crippen molar-refractivity contribution in [1.82, 2.24) is 10.2 Å². The van der Waals surface area contributed by atoms with E-state index in [1.807, 2.05) is 18.2 Å². The quantitative estimate of drug-likeness (QED) is 0.659. The molecule has 0 spiro atoms. The van der Waals surface area contributed by atoms with Gasteiger partial charge >= 0.3 is 0 Å². The van der Waals surface area contributed by atoms with Crippen LogP contribution in [0.1, 0.15) is 29.5 Å². The van der Waals surface area contributed by atoms with Gasteiger partial charge in [0.25, 0.3) is 0 Å². The standard InChI is InChI=1S/C23H32N2O3/c1-18-7-3-4-8-19(18)14-24-15-20-9-10-22(27-2)13-23(20)28-17-21(26)16-25-11-5-6-12-25/h3-4,7-10,13,21,24,26H,5-6,11-12,14-17H2,1-2H3. The van der Waals surface area contributed by atoms with E-state index in [1.165, 1.54) is 24.0 Å². The SMILES string of the molecule is COc1ccc(CNCc2ccccc2C)c(OCC(O)CN2CCCC2)c1. The van der Waals surface area contributed by atoms with Crippen LogP contribution in [0.15, 0.2) is 42.5 Å². The lowest BCUT2D eigenvalue weighted by Crippen LogP contribution is -2.33. The summed E-state index contributed by atoms with van der Waals surface area (Å²) in [6, 6.07) is 14.2. The Labute approximate surface area is 168 Å². The van der Waals surface area contributed by atoms with Crippen LogP contribution >= 0.6 is 0 Å². The van der Waals surface area contributed by atoms with Crippen LogP contribution in [-0.2, 0) is 13.1 Å². The zero-order chi connectivity index (χ0) is 19.8. The number of nitrogens with one attached hydrogen (secondary N) is 1. The molecule has 5 nitrogen and oxygen atoms in total. The Morgan fingerprint density at radius 2 is 1.82 bits per heavy atom. The second-order valence-electron chi connectivity index (χ2n) is 7.48. The minimum Gasteiger partial charge on any atom is -0.497 e. The van der Waals surface area contributed by atoms with E-state index in [-0.39, 0.29) is 6.61 Å². The molecule has 1 unspecified atom stereocenters. The summed E-state index contributed by atoms with van der Waals surface area (Å²) >= 11 is 0. The molecule has 2 aromatic carbocycles. The third kappa shape index (κ3) is 5.96. The van der Waals surface area contributed by atoms with Crippen molar-refractivity contribution in [1.29, 1.82) is 0 Å². The van der Waals surface area contributed by atoms with Gasteiger partial charge in [0.15, 0.2) is 0 Å². The smallest absolute Gasteiger partial charge is 0.127 e. The summed E-state index contributed by atoms with van der Waals surface area (Å²) in [7, 11) is 1.65. The van der Waals surface area contributed by atoms with Crippen LogP contribution < -0.4 is 14.8 Å². The van der Waals surface area contributed by atoms with Gasteiger partial charge in [0, 0.05) is 31.3 Å². The van der Waals surface area contributed by atoms with Gasteiger partial charge in [-0.05, 0) is 50.0 Å². The molecule has 5 heteroatoms. The number of benzene rings is 2. The number of aryl methyl sites for hydroxylation is 1. The van der Waals surface area contributed by atoms with Crippen LogP contribution in [0.5, 0.6) is 11.5 Å². The molecule has 1 saturated heterocycles. The number of hydrogen-bond donors (Lipinski definition) is 2. The zero-order valence-corrected chi connectivity index (χ0v) is 17.0. The molecular weight excluding hydrogens is 352 g/mol. The Balaban J connectivity index is 1.56. The number of likely N-dealkylation sites (tertiary alicyclic amines) is 1. The maximum atomic E-state index is 10.3. The molecule has 1 aliphatic heterocycles. The highest BCUT2D eigenvalue weighted by molar-refractivity contribution is 5.41. The van der Waals surface area contributed by atoms with Crippen molar-refractivity contribution in [2.45, 2.75) is 39.0 Å². The van der Waals surface area contributed by atoms with Gasteiger partial charge in [0.2, 0.25) is 0 Å². The van der Waals surface area contributed by atoms with Gasteiger partial charge in [-0.2, -0.15) is 0 Å². The first-order valence-corrected chi connectivity index (χ1v) is 10.1. The highest BCUT2D eigenvalue weighted by Gasteiger charge is 2.17. The van der Waals surface area contributed by atoms with Gasteiger partial charge in [-0.3, -0.25) is 0 Å². The Bertz CT molecular complexity index is 744. The number of nitrogens with zero attached hydrogens (tertiary/aromatic N) is 1. The summed E-state index contributed by atoms with van der Waals surface area (Å²) in [5, 5.41) is 13.8. The Morgan fingerprint density at radius 3 is 2.57 bits per heavy atom. The van der Waals surface area contributed by atoms with Crippen LogP contribution in [0.3, 0.4) is 0 Å². The van der Waals surface area contributed by atoms with E-state index < -0.39 is 6.10 Å². The van der Waals surface area contributed by atoms with Crippen molar-refractivity contribution in [3.05, 3.63) is 59.2 Å². The molecule has 2 N–H and O–H groups in total. The molecule has 0 saturated carbocycles. The molecule has 1 atom stereocenters. The number of ether oxygens (including phenoxy) is 2. The number of rotatable bonds is 10. The van der Waals surface area contributed by atoms with E-state index in [0.29, 0.717) is 13.1 Å². The van der Waals surface area contributed by atoms with Gasteiger partial charge < -0.3 is 24.8 Å². The van der Waals surface area contributed by atoms with Gasteiger partial charge in [0.1, 0.15) is 24.2 Å². The summed E-state index contributed by atoms with van der Waals surface area (Å²) in [5.41, 5.74) is 3.63. The molecule has 2 aromatic rings. The van der Waals surface area contributed by atoms with E-state index in [4.69, 9.17) is 9.47 Å². The molecule has 1 heterocycles. The highest BCUT2D eigenvalue weighted by atomic mass is 16.5. The number of methoxy groups -OCH3 is 1. The van der Waals surface area contributed by atoms with Gasteiger partial charge in [-0.1, -0.05) is 30.3 Å². The van der Waals surface area contributed by atoms with E-state index in [0.717, 1.165) is 36.7 Å². The van der Waals surface area contributed by atoms with Crippen LogP contribution in [-0.4, -0.2) is 49.5 Å². The topological polar surface area (TPSA) is 54.0 Å². The molecular formula is C23H32N2O3. The lowest BCUT2D eigenvalue weighted by Gasteiger charge is -2.20. The second-order valence-corrected chi connectivity index (χ2v) is 7.48. The Hall–Kier alpha value is -2.08. The molecule has 1 aliphatic rings. The molecule has 0 aliphatic carbocycles. The fourth-order valence-corrected chi connectivity index (χ4v) is 3.58. The molecule has 152 valence electrons. The maximum Gasteiger partial charge on any atom is 0.127 e. The first-order valence-electron chi connectivity index (χ1n) is 10.1. The summed E-state index contributed by atoms with van der Waals surface area (Å²) in [6.45, 7) is 6.72. The van der Waals surface area contributed by atoms with E-state index >= 15 is 0 Å². The van der Waals surface area contributed by atoms with Crippen molar-refractivity contribution in [3.8, 4) is 11.5 Å². The predicted molar refractivity (Wildman–Crippen MR) is 112 cm³/mol. The van der Waals surface area contributed by atoms with Crippen LogP contribution in [0.4, 0.5) is 0 Å². The summed E-state index contributed by atoms with van der Waals surface area (Å²) < 4.78 is 11.3. The monoisotopic (exact) mass is 384 g/mol.